The molecule has 1 amide bonds. The summed E-state index contributed by atoms with van der Waals surface area (Å²) in [7, 11) is 1.45. The largest absolute Gasteiger partial charge is 0.504 e. The standard InChI is InChI=1S/C15H17NO3S/c1-3-10-7-8-20-13(10)9-16-15(18)11-5-4-6-12(19-2)14(11)17/h4-8,17H,3,9H2,1-2H3,(H,16,18). The molecule has 0 radical (unpaired) electrons. The number of nitrogens with one attached hydrogen (secondary N) is 1. The maximum Gasteiger partial charge on any atom is 0.255 e. The fourth-order valence-corrected chi connectivity index (χ4v) is 2.88. The summed E-state index contributed by atoms with van der Waals surface area (Å²) in [4.78, 5) is 13.2. The van der Waals surface area contributed by atoms with Gasteiger partial charge in [0, 0.05) is 4.88 Å². The summed E-state index contributed by atoms with van der Waals surface area (Å²) < 4.78 is 4.99. The fraction of sp³-hybridized carbons (Fsp3) is 0.267. The average Bonchev–Trinajstić information content (AvgIpc) is 2.92. The first kappa shape index (κ1) is 14.4. The number of carbonyl (C=O) groups is 1. The lowest BCUT2D eigenvalue weighted by Crippen LogP contribution is -2.22. The van der Waals surface area contributed by atoms with Crippen LogP contribution in [0.3, 0.4) is 0 Å². The van der Waals surface area contributed by atoms with Crippen molar-refractivity contribution in [2.75, 3.05) is 7.11 Å². The summed E-state index contributed by atoms with van der Waals surface area (Å²) in [6.07, 6.45) is 0.944. The van der Waals surface area contributed by atoms with E-state index in [0.717, 1.165) is 11.3 Å². The van der Waals surface area contributed by atoms with Gasteiger partial charge < -0.3 is 15.2 Å². The molecule has 0 bridgehead atoms. The Bertz CT molecular complexity index is 607. The molecule has 20 heavy (non-hydrogen) atoms. The van der Waals surface area contributed by atoms with E-state index in [1.54, 1.807) is 29.5 Å². The van der Waals surface area contributed by atoms with Crippen molar-refractivity contribution >= 4 is 17.2 Å². The average molecular weight is 291 g/mol. The molecular formula is C15H17NO3S. The van der Waals surface area contributed by atoms with Gasteiger partial charge >= 0.3 is 0 Å². The van der Waals surface area contributed by atoms with Crippen LogP contribution in [0.5, 0.6) is 11.5 Å². The van der Waals surface area contributed by atoms with E-state index < -0.39 is 0 Å². The summed E-state index contributed by atoms with van der Waals surface area (Å²) in [5.41, 5.74) is 1.46. The lowest BCUT2D eigenvalue weighted by molar-refractivity contribution is 0.0948. The van der Waals surface area contributed by atoms with Crippen LogP contribution >= 0.6 is 11.3 Å². The summed E-state index contributed by atoms with van der Waals surface area (Å²) in [6, 6.07) is 6.92. The Morgan fingerprint density at radius 1 is 1.40 bits per heavy atom. The Morgan fingerprint density at radius 2 is 2.20 bits per heavy atom. The maximum atomic E-state index is 12.1. The third-order valence-corrected chi connectivity index (χ3v) is 4.05. The van der Waals surface area contributed by atoms with Crippen molar-refractivity contribution in [1.29, 1.82) is 0 Å². The normalized spacial score (nSPS) is 10.3. The van der Waals surface area contributed by atoms with Crippen LogP contribution in [0.25, 0.3) is 0 Å². The maximum absolute atomic E-state index is 12.1. The van der Waals surface area contributed by atoms with Gasteiger partial charge in [0.1, 0.15) is 0 Å². The van der Waals surface area contributed by atoms with Crippen LogP contribution in [0.1, 0.15) is 27.7 Å². The Balaban J connectivity index is 2.09. The van der Waals surface area contributed by atoms with E-state index in [0.29, 0.717) is 12.3 Å². The number of rotatable bonds is 5. The van der Waals surface area contributed by atoms with Gasteiger partial charge in [0.25, 0.3) is 5.91 Å². The molecule has 0 aliphatic rings. The minimum atomic E-state index is -0.308. The molecule has 0 aliphatic heterocycles. The van der Waals surface area contributed by atoms with Crippen LogP contribution in [-0.2, 0) is 13.0 Å². The highest BCUT2D eigenvalue weighted by atomic mass is 32.1. The molecule has 1 heterocycles. The summed E-state index contributed by atoms with van der Waals surface area (Å²) in [5.74, 6) is -0.144. The van der Waals surface area contributed by atoms with E-state index in [4.69, 9.17) is 4.74 Å². The Kier molecular flexibility index (Phi) is 4.63. The SMILES string of the molecule is CCc1ccsc1CNC(=O)c1cccc(OC)c1O. The Morgan fingerprint density at radius 3 is 2.90 bits per heavy atom. The van der Waals surface area contributed by atoms with E-state index in [1.807, 2.05) is 5.38 Å². The zero-order chi connectivity index (χ0) is 14.5. The van der Waals surface area contributed by atoms with Crippen molar-refractivity contribution < 1.29 is 14.6 Å². The Hall–Kier alpha value is -2.01. The van der Waals surface area contributed by atoms with Crippen LogP contribution in [0, 0.1) is 0 Å². The zero-order valence-corrected chi connectivity index (χ0v) is 12.3. The monoisotopic (exact) mass is 291 g/mol. The van der Waals surface area contributed by atoms with Gasteiger partial charge in [-0.05, 0) is 35.6 Å². The van der Waals surface area contributed by atoms with Crippen molar-refractivity contribution in [3.05, 3.63) is 45.6 Å². The number of para-hydroxylation sites is 1. The first-order chi connectivity index (χ1) is 9.67. The molecular weight excluding hydrogens is 274 g/mol. The molecule has 1 aromatic carbocycles. The number of methoxy groups -OCH3 is 1. The molecule has 0 spiro atoms. The molecule has 0 fully saturated rings. The van der Waals surface area contributed by atoms with Crippen molar-refractivity contribution in [2.24, 2.45) is 0 Å². The zero-order valence-electron chi connectivity index (χ0n) is 11.5. The van der Waals surface area contributed by atoms with E-state index in [1.165, 1.54) is 12.7 Å². The molecule has 0 saturated carbocycles. The van der Waals surface area contributed by atoms with Gasteiger partial charge in [-0.2, -0.15) is 0 Å². The number of hydrogen-bond donors (Lipinski definition) is 2. The number of phenols is 1. The van der Waals surface area contributed by atoms with Gasteiger partial charge in [0.15, 0.2) is 11.5 Å². The van der Waals surface area contributed by atoms with E-state index in [-0.39, 0.29) is 17.2 Å². The quantitative estimate of drug-likeness (QED) is 0.890. The molecule has 0 unspecified atom stereocenters. The molecule has 1 aromatic heterocycles. The third-order valence-electron chi connectivity index (χ3n) is 3.09. The van der Waals surface area contributed by atoms with Gasteiger partial charge in [-0.25, -0.2) is 0 Å². The van der Waals surface area contributed by atoms with Crippen LogP contribution in [0.15, 0.2) is 29.6 Å². The van der Waals surface area contributed by atoms with E-state index in [9.17, 15) is 9.90 Å². The smallest absolute Gasteiger partial charge is 0.255 e. The minimum absolute atomic E-state index is 0.130. The first-order valence-electron chi connectivity index (χ1n) is 6.36. The van der Waals surface area contributed by atoms with Gasteiger partial charge in [-0.15, -0.1) is 11.3 Å². The van der Waals surface area contributed by atoms with Crippen molar-refractivity contribution in [2.45, 2.75) is 19.9 Å². The van der Waals surface area contributed by atoms with Crippen LogP contribution in [0.4, 0.5) is 0 Å². The fourth-order valence-electron chi connectivity index (χ4n) is 1.96. The number of aromatic hydroxyl groups is 1. The van der Waals surface area contributed by atoms with Gasteiger partial charge in [0.05, 0.1) is 19.2 Å². The first-order valence-corrected chi connectivity index (χ1v) is 7.24. The third kappa shape index (κ3) is 2.93. The molecule has 2 rings (SSSR count). The molecule has 2 N–H and O–H groups in total. The molecule has 2 aromatic rings. The lowest BCUT2D eigenvalue weighted by Gasteiger charge is -2.09. The highest BCUT2D eigenvalue weighted by Crippen LogP contribution is 2.29. The second-order valence-corrected chi connectivity index (χ2v) is 5.26. The molecule has 106 valence electrons. The second kappa shape index (κ2) is 6.43. The summed E-state index contributed by atoms with van der Waals surface area (Å²) >= 11 is 1.62. The molecule has 5 heteroatoms. The van der Waals surface area contributed by atoms with Crippen LogP contribution < -0.4 is 10.1 Å². The van der Waals surface area contributed by atoms with Gasteiger partial charge in [-0.3, -0.25) is 4.79 Å². The van der Waals surface area contributed by atoms with Gasteiger partial charge in [0.2, 0.25) is 0 Å². The van der Waals surface area contributed by atoms with Crippen LogP contribution in [-0.4, -0.2) is 18.1 Å². The molecule has 0 saturated heterocycles. The minimum Gasteiger partial charge on any atom is -0.504 e. The number of thiophene rings is 1. The highest BCUT2D eigenvalue weighted by molar-refractivity contribution is 7.10. The number of hydrogen-bond acceptors (Lipinski definition) is 4. The predicted molar refractivity (Wildman–Crippen MR) is 79.5 cm³/mol. The van der Waals surface area contributed by atoms with E-state index >= 15 is 0 Å². The number of ether oxygens (including phenoxy) is 1. The van der Waals surface area contributed by atoms with Crippen molar-refractivity contribution in [3.63, 3.8) is 0 Å². The summed E-state index contributed by atoms with van der Waals surface area (Å²) in [5, 5.41) is 14.8. The molecule has 4 nitrogen and oxygen atoms in total. The highest BCUT2D eigenvalue weighted by Gasteiger charge is 2.15. The topological polar surface area (TPSA) is 58.6 Å². The Labute approximate surface area is 122 Å². The number of aryl methyl sites for hydroxylation is 1. The lowest BCUT2D eigenvalue weighted by atomic mass is 10.1. The summed E-state index contributed by atoms with van der Waals surface area (Å²) in [6.45, 7) is 2.55. The van der Waals surface area contributed by atoms with Crippen LogP contribution in [0.2, 0.25) is 0 Å². The number of benzene rings is 1. The number of phenolic OH excluding ortho intramolecular Hbond substituents is 1. The van der Waals surface area contributed by atoms with Crippen molar-refractivity contribution in [1.82, 2.24) is 5.32 Å². The number of amides is 1. The predicted octanol–water partition coefficient (Wildman–Crippen LogP) is 2.95. The van der Waals surface area contributed by atoms with E-state index in [2.05, 4.69) is 18.3 Å². The second-order valence-electron chi connectivity index (χ2n) is 4.26. The molecule has 0 aliphatic carbocycles. The van der Waals surface area contributed by atoms with Gasteiger partial charge in [-0.1, -0.05) is 13.0 Å². The number of carbonyl (C=O) groups excluding carboxylic acids is 1. The molecule has 0 atom stereocenters. The van der Waals surface area contributed by atoms with Crippen molar-refractivity contribution in [3.8, 4) is 11.5 Å².